The number of hydrogen-bond acceptors (Lipinski definition) is 6. The summed E-state index contributed by atoms with van der Waals surface area (Å²) in [5.74, 6) is -0.960. The fourth-order valence-corrected chi connectivity index (χ4v) is 6.83. The first-order valence-electron chi connectivity index (χ1n) is 26.2. The molecule has 0 aromatic carbocycles. The maximum Gasteiger partial charge on any atom is 0.306 e. The molecule has 0 aliphatic rings. The zero-order chi connectivity index (χ0) is 46.5. The maximum absolute atomic E-state index is 12.8. The minimum Gasteiger partial charge on any atom is -0.462 e. The molecule has 6 nitrogen and oxygen atoms in total. The molecule has 0 bridgehead atoms. The van der Waals surface area contributed by atoms with Crippen molar-refractivity contribution in [2.45, 2.75) is 239 Å². The zero-order valence-corrected chi connectivity index (χ0v) is 41.5. The second-order valence-electron chi connectivity index (χ2n) is 17.0. The van der Waals surface area contributed by atoms with Gasteiger partial charge in [0.25, 0.3) is 0 Å². The third-order valence-electron chi connectivity index (χ3n) is 10.8. The largest absolute Gasteiger partial charge is 0.462 e. The summed E-state index contributed by atoms with van der Waals surface area (Å²) in [6, 6.07) is 0. The number of ether oxygens (including phenoxy) is 3. The Bertz CT molecular complexity index is 1300. The lowest BCUT2D eigenvalue weighted by Gasteiger charge is -2.18. The van der Waals surface area contributed by atoms with Crippen molar-refractivity contribution in [2.75, 3.05) is 13.2 Å². The minimum absolute atomic E-state index is 0.101. The Balaban J connectivity index is 4.45. The smallest absolute Gasteiger partial charge is 0.306 e. The molecule has 0 saturated heterocycles. The van der Waals surface area contributed by atoms with Gasteiger partial charge in [0.1, 0.15) is 13.2 Å². The van der Waals surface area contributed by atoms with Crippen molar-refractivity contribution in [3.63, 3.8) is 0 Å². The van der Waals surface area contributed by atoms with E-state index in [0.29, 0.717) is 19.3 Å². The van der Waals surface area contributed by atoms with Crippen LogP contribution in [0.2, 0.25) is 0 Å². The highest BCUT2D eigenvalue weighted by molar-refractivity contribution is 5.71. The molecule has 0 radical (unpaired) electrons. The van der Waals surface area contributed by atoms with Gasteiger partial charge in [-0.15, -0.1) is 0 Å². The highest BCUT2D eigenvalue weighted by Gasteiger charge is 2.19. The van der Waals surface area contributed by atoms with Crippen molar-refractivity contribution >= 4 is 17.9 Å². The highest BCUT2D eigenvalue weighted by atomic mass is 16.6. The van der Waals surface area contributed by atoms with Crippen molar-refractivity contribution in [3.8, 4) is 0 Å². The summed E-state index contributed by atoms with van der Waals surface area (Å²) in [6.45, 7) is 6.40. The van der Waals surface area contributed by atoms with Gasteiger partial charge in [0.2, 0.25) is 0 Å². The Morgan fingerprint density at radius 3 is 1.02 bits per heavy atom. The number of esters is 3. The van der Waals surface area contributed by atoms with Crippen molar-refractivity contribution < 1.29 is 28.6 Å². The van der Waals surface area contributed by atoms with Crippen molar-refractivity contribution in [1.82, 2.24) is 0 Å². The van der Waals surface area contributed by atoms with Crippen molar-refractivity contribution in [3.05, 3.63) is 97.2 Å². The first-order chi connectivity index (χ1) is 31.5. The van der Waals surface area contributed by atoms with Gasteiger partial charge in [-0.05, 0) is 116 Å². The van der Waals surface area contributed by atoms with Crippen LogP contribution in [0.3, 0.4) is 0 Å². The van der Waals surface area contributed by atoms with Gasteiger partial charge in [-0.2, -0.15) is 0 Å². The molecule has 0 N–H and O–H groups in total. The average molecular weight is 889 g/mol. The van der Waals surface area contributed by atoms with Crippen molar-refractivity contribution in [2.24, 2.45) is 0 Å². The summed E-state index contributed by atoms with van der Waals surface area (Å²) in [7, 11) is 0. The number of carbonyl (C=O) groups excluding carboxylic acids is 3. The lowest BCUT2D eigenvalue weighted by molar-refractivity contribution is -0.167. The van der Waals surface area contributed by atoms with Gasteiger partial charge in [-0.25, -0.2) is 0 Å². The van der Waals surface area contributed by atoms with Crippen LogP contribution in [0.1, 0.15) is 233 Å². The number of allylic oxidation sites excluding steroid dienone is 16. The molecule has 64 heavy (non-hydrogen) atoms. The minimum atomic E-state index is -0.803. The molecule has 0 rings (SSSR count). The Morgan fingerprint density at radius 2 is 0.625 bits per heavy atom. The fraction of sp³-hybridized carbons (Fsp3) is 0.672. The third-order valence-corrected chi connectivity index (χ3v) is 10.8. The molecule has 1 unspecified atom stereocenters. The summed E-state index contributed by atoms with van der Waals surface area (Å²) in [5, 5.41) is 0. The van der Waals surface area contributed by atoms with E-state index < -0.39 is 6.10 Å². The van der Waals surface area contributed by atoms with Crippen LogP contribution in [-0.4, -0.2) is 37.2 Å². The first-order valence-corrected chi connectivity index (χ1v) is 26.2. The van der Waals surface area contributed by atoms with Crippen LogP contribution in [0.15, 0.2) is 97.2 Å². The molecule has 0 amide bonds. The standard InChI is InChI=1S/C58H96O6/c1-4-7-10-13-16-19-22-25-27-28-29-30-31-34-36-39-42-45-48-51-57(60)63-54-55(53-62-56(59)50-47-44-41-38-35-32-24-21-18-15-12-9-6-3)64-58(61)52-49-46-43-40-37-33-26-23-20-17-14-11-8-5-2/h9,12,14,16-19,21,23,25-27,29-30,32,35,55H,4-8,10-11,13,15,20,22,24,28,31,33-34,36-54H2,1-3H3/b12-9-,17-14-,19-16-,21-18-,26-23-,27-25-,30-29-,35-32-. The second-order valence-corrected chi connectivity index (χ2v) is 17.0. The lowest BCUT2D eigenvalue weighted by Crippen LogP contribution is -2.30. The molecular formula is C58H96O6. The molecule has 0 saturated carbocycles. The van der Waals surface area contributed by atoms with E-state index in [1.807, 2.05) is 0 Å². The van der Waals surface area contributed by atoms with E-state index in [0.717, 1.165) is 135 Å². The molecule has 0 aliphatic heterocycles. The van der Waals surface area contributed by atoms with Gasteiger partial charge in [-0.1, -0.05) is 195 Å². The average Bonchev–Trinajstić information content (AvgIpc) is 3.29. The van der Waals surface area contributed by atoms with E-state index >= 15 is 0 Å². The summed E-state index contributed by atoms with van der Waals surface area (Å²) < 4.78 is 16.8. The van der Waals surface area contributed by atoms with Gasteiger partial charge >= 0.3 is 17.9 Å². The van der Waals surface area contributed by atoms with E-state index in [9.17, 15) is 14.4 Å². The lowest BCUT2D eigenvalue weighted by atomic mass is 10.1. The van der Waals surface area contributed by atoms with Gasteiger partial charge in [-0.3, -0.25) is 14.4 Å². The number of unbranched alkanes of at least 4 members (excludes halogenated alkanes) is 19. The van der Waals surface area contributed by atoms with E-state index in [2.05, 4.69) is 118 Å². The predicted molar refractivity (Wildman–Crippen MR) is 274 cm³/mol. The maximum atomic E-state index is 12.8. The Hall–Kier alpha value is -3.67. The topological polar surface area (TPSA) is 78.9 Å². The SMILES string of the molecule is CC/C=C\C/C=C\C/C=C\CCCCCC(=O)OCC(COC(=O)CCCCCCCC/C=C\C/C=C\C/C=C\CCCCC)OC(=O)CCCCCCC/C=C\C/C=C\CCCC. The molecule has 0 aromatic heterocycles. The number of carbonyl (C=O) groups is 3. The van der Waals surface area contributed by atoms with E-state index in [1.165, 1.54) is 57.8 Å². The summed E-state index contributed by atoms with van der Waals surface area (Å²) in [6.07, 6.45) is 68.1. The quantitative estimate of drug-likeness (QED) is 0.0262. The monoisotopic (exact) mass is 889 g/mol. The van der Waals surface area contributed by atoms with Crippen molar-refractivity contribution in [1.29, 1.82) is 0 Å². The number of hydrogen-bond donors (Lipinski definition) is 0. The molecule has 0 aliphatic carbocycles. The molecule has 6 heteroatoms. The molecule has 364 valence electrons. The Labute approximate surface area is 394 Å². The number of rotatable bonds is 46. The summed E-state index contributed by atoms with van der Waals surface area (Å²) in [5.41, 5.74) is 0. The Kier molecular flexibility index (Phi) is 49.0. The van der Waals surface area contributed by atoms with E-state index in [-0.39, 0.29) is 31.1 Å². The summed E-state index contributed by atoms with van der Waals surface area (Å²) >= 11 is 0. The molecule has 1 atom stereocenters. The van der Waals surface area contributed by atoms with Gasteiger partial charge < -0.3 is 14.2 Å². The first kappa shape index (κ1) is 60.3. The van der Waals surface area contributed by atoms with Gasteiger partial charge in [0.05, 0.1) is 0 Å². The van der Waals surface area contributed by atoms with E-state index in [1.54, 1.807) is 0 Å². The molecular weight excluding hydrogens is 793 g/mol. The fourth-order valence-electron chi connectivity index (χ4n) is 6.83. The van der Waals surface area contributed by atoms with E-state index in [4.69, 9.17) is 14.2 Å². The molecule has 0 aromatic rings. The normalized spacial score (nSPS) is 12.9. The third kappa shape index (κ3) is 49.3. The van der Waals surface area contributed by atoms with Crippen LogP contribution in [0.25, 0.3) is 0 Å². The van der Waals surface area contributed by atoms with Gasteiger partial charge in [0.15, 0.2) is 6.10 Å². The Morgan fingerprint density at radius 1 is 0.328 bits per heavy atom. The van der Waals surface area contributed by atoms with Crippen LogP contribution in [0.5, 0.6) is 0 Å². The predicted octanol–water partition coefficient (Wildman–Crippen LogP) is 17.4. The van der Waals surface area contributed by atoms with Gasteiger partial charge in [0, 0.05) is 19.3 Å². The highest BCUT2D eigenvalue weighted by Crippen LogP contribution is 2.13. The molecule has 0 fully saturated rings. The molecule has 0 spiro atoms. The van der Waals surface area contributed by atoms with Crippen LogP contribution in [-0.2, 0) is 28.6 Å². The second kappa shape index (κ2) is 52.0. The van der Waals surface area contributed by atoms with Crippen LogP contribution < -0.4 is 0 Å². The van der Waals surface area contributed by atoms with Crippen LogP contribution in [0, 0.1) is 0 Å². The van der Waals surface area contributed by atoms with Crippen LogP contribution in [0.4, 0.5) is 0 Å². The van der Waals surface area contributed by atoms with Crippen LogP contribution >= 0.6 is 0 Å². The molecule has 0 heterocycles. The summed E-state index contributed by atoms with van der Waals surface area (Å²) in [4.78, 5) is 38.0. The zero-order valence-electron chi connectivity index (χ0n) is 41.5.